The molecule has 7 heteroatoms. The zero-order valence-electron chi connectivity index (χ0n) is 16.1. The fraction of sp³-hybridized carbons (Fsp3) is 0.550. The zero-order chi connectivity index (χ0) is 19.6. The highest BCUT2D eigenvalue weighted by Crippen LogP contribution is 2.28. The van der Waals surface area contributed by atoms with Gasteiger partial charge >= 0.3 is 0 Å². The second-order valence-electron chi connectivity index (χ2n) is 6.92. The zero-order valence-corrected chi connectivity index (χ0v) is 16.1. The van der Waals surface area contributed by atoms with Crippen molar-refractivity contribution in [3.63, 3.8) is 0 Å². The number of rotatable bonds is 10. The SMILES string of the molecule is COCCCN(CC(=O)NCC(=O)Nc1ccc(C)cc1)C(=O)C1CCC1. The number of carbonyl (C=O) groups is 3. The van der Waals surface area contributed by atoms with Crippen LogP contribution in [0.4, 0.5) is 5.69 Å². The molecule has 2 N–H and O–H groups in total. The van der Waals surface area contributed by atoms with Crippen molar-refractivity contribution in [2.45, 2.75) is 32.6 Å². The van der Waals surface area contributed by atoms with E-state index in [2.05, 4.69) is 10.6 Å². The third-order valence-electron chi connectivity index (χ3n) is 4.66. The Morgan fingerprint density at radius 1 is 1.15 bits per heavy atom. The summed E-state index contributed by atoms with van der Waals surface area (Å²) in [7, 11) is 1.61. The quantitative estimate of drug-likeness (QED) is 0.610. The number of nitrogens with one attached hydrogen (secondary N) is 2. The molecule has 1 aliphatic carbocycles. The summed E-state index contributed by atoms with van der Waals surface area (Å²) in [5, 5.41) is 5.32. The van der Waals surface area contributed by atoms with Crippen LogP contribution in [0.1, 0.15) is 31.2 Å². The summed E-state index contributed by atoms with van der Waals surface area (Å²) in [4.78, 5) is 38.2. The maximum Gasteiger partial charge on any atom is 0.243 e. The predicted octanol–water partition coefficient (Wildman–Crippen LogP) is 1.71. The molecule has 1 saturated carbocycles. The lowest BCUT2D eigenvalue weighted by molar-refractivity contribution is -0.141. The van der Waals surface area contributed by atoms with Crippen molar-refractivity contribution >= 4 is 23.4 Å². The smallest absolute Gasteiger partial charge is 0.243 e. The first kappa shape index (κ1) is 20.9. The standard InChI is InChI=1S/C20H29N3O4/c1-15-7-9-17(10-8-15)22-18(24)13-21-19(25)14-23(11-4-12-27-2)20(26)16-5-3-6-16/h7-10,16H,3-6,11-14H2,1-2H3,(H,21,25)(H,22,24). The van der Waals surface area contributed by atoms with E-state index < -0.39 is 0 Å². The third kappa shape index (κ3) is 7.02. The molecule has 0 atom stereocenters. The monoisotopic (exact) mass is 375 g/mol. The molecular formula is C20H29N3O4. The number of benzene rings is 1. The number of amides is 3. The van der Waals surface area contributed by atoms with Crippen LogP contribution in [0.25, 0.3) is 0 Å². The van der Waals surface area contributed by atoms with Gasteiger partial charge in [-0.05, 0) is 38.3 Å². The van der Waals surface area contributed by atoms with Crippen LogP contribution in [0, 0.1) is 12.8 Å². The van der Waals surface area contributed by atoms with Crippen LogP contribution < -0.4 is 10.6 Å². The predicted molar refractivity (Wildman–Crippen MR) is 103 cm³/mol. The average molecular weight is 375 g/mol. The van der Waals surface area contributed by atoms with Gasteiger partial charge in [0.15, 0.2) is 0 Å². The van der Waals surface area contributed by atoms with Crippen molar-refractivity contribution < 1.29 is 19.1 Å². The minimum Gasteiger partial charge on any atom is -0.385 e. The Kier molecular flexibility index (Phi) is 8.26. The van der Waals surface area contributed by atoms with Gasteiger partial charge in [0.05, 0.1) is 13.1 Å². The van der Waals surface area contributed by atoms with E-state index in [1.54, 1.807) is 12.0 Å². The van der Waals surface area contributed by atoms with E-state index in [-0.39, 0.29) is 36.7 Å². The second kappa shape index (κ2) is 10.7. The Hall–Kier alpha value is -2.41. The number of methoxy groups -OCH3 is 1. The van der Waals surface area contributed by atoms with Crippen LogP contribution in [0.3, 0.4) is 0 Å². The molecular weight excluding hydrogens is 346 g/mol. The molecule has 1 aromatic carbocycles. The maximum atomic E-state index is 12.5. The lowest BCUT2D eigenvalue weighted by Gasteiger charge is -2.31. The molecule has 7 nitrogen and oxygen atoms in total. The van der Waals surface area contributed by atoms with E-state index >= 15 is 0 Å². The molecule has 0 spiro atoms. The van der Waals surface area contributed by atoms with Crippen LogP contribution in [-0.2, 0) is 19.1 Å². The molecule has 0 heterocycles. The van der Waals surface area contributed by atoms with Crippen molar-refractivity contribution in [2.75, 3.05) is 38.7 Å². The maximum absolute atomic E-state index is 12.5. The van der Waals surface area contributed by atoms with Crippen molar-refractivity contribution in [2.24, 2.45) is 5.92 Å². The van der Waals surface area contributed by atoms with Crippen molar-refractivity contribution in [1.29, 1.82) is 0 Å². The van der Waals surface area contributed by atoms with Crippen LogP contribution >= 0.6 is 0 Å². The molecule has 0 aromatic heterocycles. The molecule has 0 bridgehead atoms. The lowest BCUT2D eigenvalue weighted by Crippen LogP contribution is -2.46. The van der Waals surface area contributed by atoms with Gasteiger partial charge in [-0.1, -0.05) is 24.1 Å². The molecule has 1 aromatic rings. The van der Waals surface area contributed by atoms with Gasteiger partial charge in [-0.15, -0.1) is 0 Å². The van der Waals surface area contributed by atoms with Crippen LogP contribution in [0.15, 0.2) is 24.3 Å². The van der Waals surface area contributed by atoms with Gasteiger partial charge in [-0.2, -0.15) is 0 Å². The first-order valence-corrected chi connectivity index (χ1v) is 9.40. The number of hydrogen-bond donors (Lipinski definition) is 2. The third-order valence-corrected chi connectivity index (χ3v) is 4.66. The van der Waals surface area contributed by atoms with Crippen LogP contribution in [-0.4, -0.2) is 56.0 Å². The van der Waals surface area contributed by atoms with E-state index in [4.69, 9.17) is 4.74 Å². The molecule has 3 amide bonds. The molecule has 1 aliphatic rings. The second-order valence-corrected chi connectivity index (χ2v) is 6.92. The van der Waals surface area contributed by atoms with Gasteiger partial charge in [0.2, 0.25) is 17.7 Å². The molecule has 27 heavy (non-hydrogen) atoms. The highest BCUT2D eigenvalue weighted by molar-refractivity contribution is 5.95. The summed E-state index contributed by atoms with van der Waals surface area (Å²) in [5.74, 6) is -0.579. The van der Waals surface area contributed by atoms with E-state index in [1.807, 2.05) is 31.2 Å². The van der Waals surface area contributed by atoms with Crippen LogP contribution in [0.5, 0.6) is 0 Å². The molecule has 148 valence electrons. The topological polar surface area (TPSA) is 87.7 Å². The summed E-state index contributed by atoms with van der Waals surface area (Å²) >= 11 is 0. The average Bonchev–Trinajstić information content (AvgIpc) is 2.60. The Balaban J connectivity index is 1.78. The van der Waals surface area contributed by atoms with Crippen molar-refractivity contribution in [3.8, 4) is 0 Å². The highest BCUT2D eigenvalue weighted by Gasteiger charge is 2.30. The largest absolute Gasteiger partial charge is 0.385 e. The molecule has 0 saturated heterocycles. The van der Waals surface area contributed by atoms with Crippen molar-refractivity contribution in [1.82, 2.24) is 10.2 Å². The van der Waals surface area contributed by atoms with E-state index in [9.17, 15) is 14.4 Å². The Bertz CT molecular complexity index is 641. The Labute approximate surface area is 160 Å². The molecule has 0 radical (unpaired) electrons. The summed E-state index contributed by atoms with van der Waals surface area (Å²) in [6, 6.07) is 7.42. The Morgan fingerprint density at radius 3 is 2.44 bits per heavy atom. The fourth-order valence-electron chi connectivity index (χ4n) is 2.83. The van der Waals surface area contributed by atoms with Gasteiger partial charge in [0.1, 0.15) is 0 Å². The number of anilines is 1. The summed E-state index contributed by atoms with van der Waals surface area (Å²) in [6.07, 6.45) is 3.52. The van der Waals surface area contributed by atoms with Gasteiger partial charge < -0.3 is 20.3 Å². The van der Waals surface area contributed by atoms with Gasteiger partial charge in [0.25, 0.3) is 0 Å². The number of hydrogen-bond acceptors (Lipinski definition) is 4. The molecule has 0 unspecified atom stereocenters. The molecule has 0 aliphatic heterocycles. The molecule has 2 rings (SSSR count). The van der Waals surface area contributed by atoms with E-state index in [0.29, 0.717) is 25.3 Å². The van der Waals surface area contributed by atoms with Gasteiger partial charge in [-0.3, -0.25) is 14.4 Å². The van der Waals surface area contributed by atoms with Gasteiger partial charge in [0, 0.05) is 31.9 Å². The highest BCUT2D eigenvalue weighted by atomic mass is 16.5. The minimum atomic E-state index is -0.334. The first-order chi connectivity index (χ1) is 13.0. The lowest BCUT2D eigenvalue weighted by atomic mass is 9.84. The normalized spacial score (nSPS) is 13.6. The summed E-state index contributed by atoms with van der Waals surface area (Å²) in [6.45, 7) is 2.82. The van der Waals surface area contributed by atoms with Gasteiger partial charge in [-0.25, -0.2) is 0 Å². The molecule has 1 fully saturated rings. The number of nitrogens with zero attached hydrogens (tertiary/aromatic N) is 1. The number of carbonyl (C=O) groups excluding carboxylic acids is 3. The first-order valence-electron chi connectivity index (χ1n) is 9.40. The number of aryl methyl sites for hydroxylation is 1. The summed E-state index contributed by atoms with van der Waals surface area (Å²) in [5.41, 5.74) is 1.78. The van der Waals surface area contributed by atoms with E-state index in [1.165, 1.54) is 0 Å². The number of ether oxygens (including phenoxy) is 1. The van der Waals surface area contributed by atoms with Crippen LogP contribution in [0.2, 0.25) is 0 Å². The van der Waals surface area contributed by atoms with Crippen molar-refractivity contribution in [3.05, 3.63) is 29.8 Å². The minimum absolute atomic E-state index is 0.0246. The summed E-state index contributed by atoms with van der Waals surface area (Å²) < 4.78 is 5.03. The van der Waals surface area contributed by atoms with E-state index in [0.717, 1.165) is 24.8 Å². The fourth-order valence-corrected chi connectivity index (χ4v) is 2.83. The Morgan fingerprint density at radius 2 is 1.85 bits per heavy atom.